The van der Waals surface area contributed by atoms with Crippen LogP contribution in [0.1, 0.15) is 31.9 Å². The summed E-state index contributed by atoms with van der Waals surface area (Å²) in [7, 11) is -1.52. The van der Waals surface area contributed by atoms with Gasteiger partial charge in [0.05, 0.1) is 31.4 Å². The molecule has 0 aliphatic carbocycles. The molecule has 0 spiro atoms. The monoisotopic (exact) mass is 707 g/mol. The van der Waals surface area contributed by atoms with Crippen molar-refractivity contribution < 1.29 is 32.2 Å². The zero-order valence-electron chi connectivity index (χ0n) is 28.3. The summed E-state index contributed by atoms with van der Waals surface area (Å²) in [5.74, 6) is 0.120. The van der Waals surface area contributed by atoms with Crippen LogP contribution in [-0.4, -0.2) is 64.6 Å². The minimum absolute atomic E-state index is 0.00403. The van der Waals surface area contributed by atoms with Gasteiger partial charge in [0, 0.05) is 30.1 Å². The quantitative estimate of drug-likeness (QED) is 0.149. The van der Waals surface area contributed by atoms with Crippen molar-refractivity contribution in [3.8, 4) is 17.2 Å². The molecule has 4 aromatic carbocycles. The average molecular weight is 708 g/mol. The van der Waals surface area contributed by atoms with E-state index in [0.717, 1.165) is 9.87 Å². The van der Waals surface area contributed by atoms with Crippen LogP contribution in [0.25, 0.3) is 0 Å². The molecule has 0 heterocycles. The summed E-state index contributed by atoms with van der Waals surface area (Å²) in [6.45, 7) is 5.32. The second-order valence-corrected chi connectivity index (χ2v) is 13.8. The fraction of sp³-hybridized carbons (Fsp3) is 0.297. The van der Waals surface area contributed by atoms with Crippen LogP contribution in [0.2, 0.25) is 5.02 Å². The van der Waals surface area contributed by atoms with Gasteiger partial charge in [-0.2, -0.15) is 0 Å². The minimum atomic E-state index is -4.38. The summed E-state index contributed by atoms with van der Waals surface area (Å²) in [6.07, 6.45) is 0.192. The van der Waals surface area contributed by atoms with Crippen LogP contribution < -0.4 is 23.8 Å². The molecule has 1 atom stereocenters. The number of halogens is 1. The number of nitrogens with zero attached hydrogens (tertiary/aromatic N) is 2. The SMILES string of the molecule is CCOc1ccc(N(CC(=O)N(Cc2cccc(Cl)c2)[C@@H](Cc2ccccc2)C(=O)NC(C)C)S(=O)(=O)c2ccc(OC)c(OC)c2)cc1. The van der Waals surface area contributed by atoms with Crippen LogP contribution in [-0.2, 0) is 32.6 Å². The summed E-state index contributed by atoms with van der Waals surface area (Å²) in [5, 5.41) is 3.41. The molecule has 0 fully saturated rings. The van der Waals surface area contributed by atoms with E-state index in [4.69, 9.17) is 25.8 Å². The first kappa shape index (κ1) is 37.1. The number of sulfonamides is 1. The van der Waals surface area contributed by atoms with Crippen LogP contribution in [0.15, 0.2) is 102 Å². The lowest BCUT2D eigenvalue weighted by Crippen LogP contribution is -2.54. The molecular formula is C37H42ClN3O7S. The lowest BCUT2D eigenvalue weighted by molar-refractivity contribution is -0.140. The van der Waals surface area contributed by atoms with Crippen molar-refractivity contribution in [1.29, 1.82) is 0 Å². The van der Waals surface area contributed by atoms with E-state index < -0.39 is 28.5 Å². The van der Waals surface area contributed by atoms with Gasteiger partial charge < -0.3 is 24.4 Å². The molecule has 4 rings (SSSR count). The molecule has 1 N–H and O–H groups in total. The smallest absolute Gasteiger partial charge is 0.264 e. The van der Waals surface area contributed by atoms with Crippen molar-refractivity contribution >= 4 is 39.1 Å². The number of benzene rings is 4. The van der Waals surface area contributed by atoms with Crippen molar-refractivity contribution in [2.24, 2.45) is 0 Å². The zero-order valence-corrected chi connectivity index (χ0v) is 29.8. The third-order valence-corrected chi connectivity index (χ3v) is 9.61. The third-order valence-electron chi connectivity index (χ3n) is 7.60. The van der Waals surface area contributed by atoms with E-state index in [1.54, 1.807) is 48.5 Å². The van der Waals surface area contributed by atoms with Gasteiger partial charge in [0.1, 0.15) is 18.3 Å². The highest BCUT2D eigenvalue weighted by atomic mass is 35.5. The van der Waals surface area contributed by atoms with Crippen molar-refractivity contribution in [3.63, 3.8) is 0 Å². The maximum atomic E-state index is 14.6. The summed E-state index contributed by atoms with van der Waals surface area (Å²) in [5.41, 5.74) is 1.73. The topological polar surface area (TPSA) is 114 Å². The lowest BCUT2D eigenvalue weighted by Gasteiger charge is -2.34. The summed E-state index contributed by atoms with van der Waals surface area (Å²) in [6, 6.07) is 25.8. The number of carbonyl (C=O) groups is 2. The van der Waals surface area contributed by atoms with Crippen LogP contribution in [0.4, 0.5) is 5.69 Å². The van der Waals surface area contributed by atoms with Crippen molar-refractivity contribution in [1.82, 2.24) is 10.2 Å². The first-order valence-corrected chi connectivity index (χ1v) is 17.6. The van der Waals surface area contributed by atoms with Gasteiger partial charge in [0.25, 0.3) is 10.0 Å². The Morgan fingerprint density at radius 2 is 1.51 bits per heavy atom. The highest BCUT2D eigenvalue weighted by molar-refractivity contribution is 7.92. The highest BCUT2D eigenvalue weighted by Crippen LogP contribution is 2.33. The van der Waals surface area contributed by atoms with E-state index in [1.165, 1.54) is 37.3 Å². The highest BCUT2D eigenvalue weighted by Gasteiger charge is 2.35. The van der Waals surface area contributed by atoms with Gasteiger partial charge in [0.15, 0.2) is 11.5 Å². The van der Waals surface area contributed by atoms with E-state index >= 15 is 0 Å². The van der Waals surface area contributed by atoms with Crippen LogP contribution in [0, 0.1) is 0 Å². The fourth-order valence-corrected chi connectivity index (χ4v) is 6.92. The van der Waals surface area contributed by atoms with Gasteiger partial charge >= 0.3 is 0 Å². The maximum absolute atomic E-state index is 14.6. The normalized spacial score (nSPS) is 11.8. The Kier molecular flexibility index (Phi) is 12.9. The van der Waals surface area contributed by atoms with E-state index in [-0.39, 0.29) is 41.2 Å². The molecular weight excluding hydrogens is 666 g/mol. The number of ether oxygens (including phenoxy) is 3. The van der Waals surface area contributed by atoms with Crippen LogP contribution in [0.5, 0.6) is 17.2 Å². The molecule has 49 heavy (non-hydrogen) atoms. The fourth-order valence-electron chi connectivity index (χ4n) is 5.27. The van der Waals surface area contributed by atoms with Crippen molar-refractivity contribution in [2.75, 3.05) is 31.7 Å². The molecule has 0 saturated carbocycles. The Bertz CT molecular complexity index is 1820. The second-order valence-electron chi connectivity index (χ2n) is 11.5. The average Bonchev–Trinajstić information content (AvgIpc) is 3.09. The number of nitrogens with one attached hydrogen (secondary N) is 1. The Morgan fingerprint density at radius 3 is 2.12 bits per heavy atom. The largest absolute Gasteiger partial charge is 0.494 e. The molecule has 260 valence electrons. The molecule has 10 nitrogen and oxygen atoms in total. The number of methoxy groups -OCH3 is 2. The van der Waals surface area contributed by atoms with E-state index in [1.807, 2.05) is 51.1 Å². The second kappa shape index (κ2) is 17.1. The number of carbonyl (C=O) groups excluding carboxylic acids is 2. The van der Waals surface area contributed by atoms with Gasteiger partial charge in [-0.05, 0) is 80.4 Å². The predicted octanol–water partition coefficient (Wildman–Crippen LogP) is 6.12. The summed E-state index contributed by atoms with van der Waals surface area (Å²) >= 11 is 6.32. The van der Waals surface area contributed by atoms with Crippen LogP contribution >= 0.6 is 11.6 Å². The number of anilines is 1. The summed E-state index contributed by atoms with van der Waals surface area (Å²) < 4.78 is 46.2. The molecule has 0 aliphatic rings. The predicted molar refractivity (Wildman–Crippen MR) is 191 cm³/mol. The Hall–Kier alpha value is -4.74. The summed E-state index contributed by atoms with van der Waals surface area (Å²) in [4.78, 5) is 29.8. The number of rotatable bonds is 16. The molecule has 4 aromatic rings. The van der Waals surface area contributed by atoms with Crippen LogP contribution in [0.3, 0.4) is 0 Å². The number of hydrogen-bond acceptors (Lipinski definition) is 7. The Balaban J connectivity index is 1.84. The van der Waals surface area contributed by atoms with Gasteiger partial charge in [-0.1, -0.05) is 54.1 Å². The van der Waals surface area contributed by atoms with E-state index in [9.17, 15) is 18.0 Å². The first-order valence-electron chi connectivity index (χ1n) is 15.8. The molecule has 0 aliphatic heterocycles. The standard InChI is InChI=1S/C37H42ClN3O7S/c1-6-48-31-17-15-30(16-18-31)41(49(44,45)32-19-20-34(46-4)35(23-32)47-5)25-36(42)40(24-28-13-10-14-29(38)21-28)33(37(43)39-26(2)3)22-27-11-8-7-9-12-27/h7-21,23,26,33H,6,22,24-25H2,1-5H3,(H,39,43)/t33-/m0/s1. The Labute approximate surface area is 293 Å². The van der Waals surface area contributed by atoms with Crippen molar-refractivity contribution in [3.05, 3.63) is 113 Å². The molecule has 12 heteroatoms. The molecule has 2 amide bonds. The van der Waals surface area contributed by atoms with E-state index in [2.05, 4.69) is 5.32 Å². The number of hydrogen-bond donors (Lipinski definition) is 1. The molecule has 0 aromatic heterocycles. The zero-order chi connectivity index (χ0) is 35.6. The molecule has 0 radical (unpaired) electrons. The number of amides is 2. The lowest BCUT2D eigenvalue weighted by atomic mass is 10.0. The van der Waals surface area contributed by atoms with Gasteiger partial charge in [0.2, 0.25) is 11.8 Å². The first-order chi connectivity index (χ1) is 23.5. The van der Waals surface area contributed by atoms with Gasteiger partial charge in [-0.3, -0.25) is 13.9 Å². The molecule has 0 bridgehead atoms. The molecule has 0 saturated heterocycles. The molecule has 0 unspecified atom stereocenters. The maximum Gasteiger partial charge on any atom is 0.264 e. The minimum Gasteiger partial charge on any atom is -0.494 e. The van der Waals surface area contributed by atoms with Gasteiger partial charge in [-0.15, -0.1) is 0 Å². The van der Waals surface area contributed by atoms with Crippen molar-refractivity contribution in [2.45, 2.75) is 50.7 Å². The van der Waals surface area contributed by atoms with E-state index in [0.29, 0.717) is 28.7 Å². The van der Waals surface area contributed by atoms with Gasteiger partial charge in [-0.25, -0.2) is 8.42 Å². The Morgan fingerprint density at radius 1 is 0.837 bits per heavy atom. The third kappa shape index (κ3) is 9.67.